The first kappa shape index (κ1) is 25.8. The highest BCUT2D eigenvalue weighted by molar-refractivity contribution is 5.92. The number of carbonyl (C=O) groups excluding carboxylic acids is 2. The number of methoxy groups -OCH3 is 1. The number of aromatic amines is 1. The summed E-state index contributed by atoms with van der Waals surface area (Å²) >= 11 is 0. The number of likely N-dealkylation sites (tertiary alicyclic amines) is 1. The van der Waals surface area contributed by atoms with Crippen molar-refractivity contribution < 1.29 is 23.8 Å². The zero-order valence-corrected chi connectivity index (χ0v) is 20.8. The number of rotatable bonds is 9. The third-order valence-electron chi connectivity index (χ3n) is 6.93. The lowest BCUT2D eigenvalue weighted by atomic mass is 9.96. The minimum absolute atomic E-state index is 0.0221. The lowest BCUT2D eigenvalue weighted by Crippen LogP contribution is -2.56. The van der Waals surface area contributed by atoms with Gasteiger partial charge in [-0.05, 0) is 68.3 Å². The molecule has 0 spiro atoms. The second-order valence-corrected chi connectivity index (χ2v) is 9.22. The van der Waals surface area contributed by atoms with E-state index in [4.69, 9.17) is 4.74 Å². The fourth-order valence-electron chi connectivity index (χ4n) is 4.81. The highest BCUT2D eigenvalue weighted by Gasteiger charge is 2.40. The van der Waals surface area contributed by atoms with Gasteiger partial charge in [0.15, 0.2) is 0 Å². The van der Waals surface area contributed by atoms with Crippen molar-refractivity contribution in [1.29, 1.82) is 0 Å². The number of para-hydroxylation sites is 1. The van der Waals surface area contributed by atoms with Crippen molar-refractivity contribution in [2.24, 2.45) is 0 Å². The number of hydrogen-bond donors (Lipinski definition) is 4. The second-order valence-electron chi connectivity index (χ2n) is 9.22. The SMILES string of the molecule is CN[C@@H](C)C(=O)N[C@@H](COC)C(=O)N1CCC(O)[C@@H]1Cc1c(-c2ccc(F)cc2)[nH]c2ccccc12. The summed E-state index contributed by atoms with van der Waals surface area (Å²) < 4.78 is 18.8. The summed E-state index contributed by atoms with van der Waals surface area (Å²) in [5, 5.41) is 17.5. The normalized spacial score (nSPS) is 19.4. The lowest BCUT2D eigenvalue weighted by Gasteiger charge is -2.31. The predicted molar refractivity (Wildman–Crippen MR) is 136 cm³/mol. The van der Waals surface area contributed by atoms with Crippen LogP contribution in [0.3, 0.4) is 0 Å². The minimum Gasteiger partial charge on any atom is -0.391 e. The van der Waals surface area contributed by atoms with Crippen molar-refractivity contribution in [3.05, 3.63) is 59.9 Å². The summed E-state index contributed by atoms with van der Waals surface area (Å²) in [6.45, 7) is 2.10. The molecule has 9 heteroatoms. The fraction of sp³-hybridized carbons (Fsp3) is 0.407. The highest BCUT2D eigenvalue weighted by atomic mass is 19.1. The summed E-state index contributed by atoms with van der Waals surface area (Å²) in [5.74, 6) is -0.920. The predicted octanol–water partition coefficient (Wildman–Crippen LogP) is 2.22. The van der Waals surface area contributed by atoms with Crippen molar-refractivity contribution in [3.8, 4) is 11.3 Å². The van der Waals surface area contributed by atoms with Gasteiger partial charge in [0.25, 0.3) is 0 Å². The van der Waals surface area contributed by atoms with Gasteiger partial charge in [0.1, 0.15) is 11.9 Å². The Labute approximate surface area is 209 Å². The van der Waals surface area contributed by atoms with Crippen molar-refractivity contribution in [1.82, 2.24) is 20.5 Å². The van der Waals surface area contributed by atoms with Gasteiger partial charge in [-0.15, -0.1) is 0 Å². The molecular weight excluding hydrogens is 463 g/mol. The number of aliphatic hydroxyl groups is 1. The van der Waals surface area contributed by atoms with Crippen LogP contribution in [-0.4, -0.2) is 78.3 Å². The van der Waals surface area contributed by atoms with Crippen LogP contribution in [-0.2, 0) is 20.7 Å². The highest BCUT2D eigenvalue weighted by Crippen LogP contribution is 2.34. The standard InChI is InChI=1S/C27H33FN4O4/c1-16(29-2)26(34)31-22(15-36-3)27(35)32-13-12-24(33)23(32)14-20-19-6-4-5-7-21(19)30-25(20)17-8-10-18(28)11-9-17/h4-11,16,22-24,29-30,33H,12-15H2,1-3H3,(H,31,34)/t16-,22-,23-,24?/m0/s1. The second kappa shape index (κ2) is 11.2. The van der Waals surface area contributed by atoms with Crippen molar-refractivity contribution >= 4 is 22.7 Å². The zero-order chi connectivity index (χ0) is 25.8. The molecule has 2 amide bonds. The third-order valence-corrected chi connectivity index (χ3v) is 6.93. The molecule has 1 fully saturated rings. The van der Waals surface area contributed by atoms with Gasteiger partial charge in [0.05, 0.1) is 24.8 Å². The van der Waals surface area contributed by atoms with Crippen LogP contribution in [0.2, 0.25) is 0 Å². The number of aromatic nitrogens is 1. The van der Waals surface area contributed by atoms with Crippen LogP contribution in [0.5, 0.6) is 0 Å². The summed E-state index contributed by atoms with van der Waals surface area (Å²) in [5.41, 5.74) is 3.51. The Hall–Kier alpha value is -3.27. The smallest absolute Gasteiger partial charge is 0.247 e. The van der Waals surface area contributed by atoms with E-state index in [1.807, 2.05) is 24.3 Å². The van der Waals surface area contributed by atoms with E-state index in [0.717, 1.165) is 27.7 Å². The number of halogens is 1. The van der Waals surface area contributed by atoms with E-state index >= 15 is 0 Å². The van der Waals surface area contributed by atoms with E-state index in [0.29, 0.717) is 19.4 Å². The molecule has 4 atom stereocenters. The summed E-state index contributed by atoms with van der Waals surface area (Å²) in [6.07, 6.45) is 0.105. The van der Waals surface area contributed by atoms with E-state index in [9.17, 15) is 19.1 Å². The number of hydrogen-bond acceptors (Lipinski definition) is 5. The van der Waals surface area contributed by atoms with Crippen LogP contribution in [0.1, 0.15) is 18.9 Å². The first-order valence-electron chi connectivity index (χ1n) is 12.1. The molecule has 1 unspecified atom stereocenters. The number of likely N-dealkylation sites (N-methyl/N-ethyl adjacent to an activating group) is 1. The monoisotopic (exact) mass is 496 g/mol. The Morgan fingerprint density at radius 3 is 2.64 bits per heavy atom. The van der Waals surface area contributed by atoms with Gasteiger partial charge >= 0.3 is 0 Å². The maximum absolute atomic E-state index is 13.6. The van der Waals surface area contributed by atoms with Crippen LogP contribution in [0.25, 0.3) is 22.2 Å². The summed E-state index contributed by atoms with van der Waals surface area (Å²) in [4.78, 5) is 31.1. The Bertz CT molecular complexity index is 1210. The Balaban J connectivity index is 1.65. The Morgan fingerprint density at radius 1 is 1.22 bits per heavy atom. The maximum Gasteiger partial charge on any atom is 0.247 e. The Kier molecular flexibility index (Phi) is 8.03. The molecule has 3 aromatic rings. The molecule has 0 saturated carbocycles. The average molecular weight is 497 g/mol. The number of nitrogens with zero attached hydrogens (tertiary/aromatic N) is 1. The Morgan fingerprint density at radius 2 is 1.94 bits per heavy atom. The molecule has 192 valence electrons. The largest absolute Gasteiger partial charge is 0.391 e. The zero-order valence-electron chi connectivity index (χ0n) is 20.8. The van der Waals surface area contributed by atoms with Crippen LogP contribution >= 0.6 is 0 Å². The van der Waals surface area contributed by atoms with Gasteiger partial charge in [-0.1, -0.05) is 18.2 Å². The first-order valence-corrected chi connectivity index (χ1v) is 12.1. The van der Waals surface area contributed by atoms with E-state index in [1.54, 1.807) is 31.0 Å². The minimum atomic E-state index is -0.870. The molecule has 1 aliphatic heterocycles. The fourth-order valence-corrected chi connectivity index (χ4v) is 4.81. The van der Waals surface area contributed by atoms with Gasteiger partial charge in [-0.25, -0.2) is 4.39 Å². The van der Waals surface area contributed by atoms with E-state index in [2.05, 4.69) is 15.6 Å². The van der Waals surface area contributed by atoms with Gasteiger partial charge in [0, 0.05) is 30.3 Å². The molecule has 2 heterocycles. The molecule has 2 aromatic carbocycles. The quantitative estimate of drug-likeness (QED) is 0.364. The molecule has 8 nitrogen and oxygen atoms in total. The van der Waals surface area contributed by atoms with E-state index < -0.39 is 24.2 Å². The average Bonchev–Trinajstić information content (AvgIpc) is 3.44. The number of aliphatic hydroxyl groups excluding tert-OH is 1. The van der Waals surface area contributed by atoms with Gasteiger partial charge in [-0.2, -0.15) is 0 Å². The molecule has 1 saturated heterocycles. The van der Waals surface area contributed by atoms with E-state index in [1.165, 1.54) is 19.2 Å². The number of ether oxygens (including phenoxy) is 1. The maximum atomic E-state index is 13.6. The van der Waals surface area contributed by atoms with Crippen molar-refractivity contribution in [3.63, 3.8) is 0 Å². The molecule has 0 radical (unpaired) electrons. The van der Waals surface area contributed by atoms with Crippen LogP contribution < -0.4 is 10.6 Å². The third kappa shape index (κ3) is 5.28. The molecule has 1 aromatic heterocycles. The number of amides is 2. The topological polar surface area (TPSA) is 107 Å². The van der Waals surface area contributed by atoms with Gasteiger partial charge in [0.2, 0.25) is 11.8 Å². The number of fused-ring (bicyclic) bond motifs is 1. The lowest BCUT2D eigenvalue weighted by molar-refractivity contribution is -0.139. The molecule has 4 rings (SSSR count). The number of nitrogens with one attached hydrogen (secondary N) is 3. The first-order chi connectivity index (χ1) is 17.3. The molecule has 4 N–H and O–H groups in total. The molecule has 0 aliphatic carbocycles. The summed E-state index contributed by atoms with van der Waals surface area (Å²) in [6, 6.07) is 12.2. The molecule has 0 bridgehead atoms. The summed E-state index contributed by atoms with van der Waals surface area (Å²) in [7, 11) is 3.15. The van der Waals surface area contributed by atoms with Crippen LogP contribution in [0.4, 0.5) is 4.39 Å². The van der Waals surface area contributed by atoms with Gasteiger partial charge in [-0.3, -0.25) is 9.59 Å². The van der Waals surface area contributed by atoms with Crippen molar-refractivity contribution in [2.75, 3.05) is 27.3 Å². The van der Waals surface area contributed by atoms with Crippen LogP contribution in [0, 0.1) is 5.82 Å². The van der Waals surface area contributed by atoms with E-state index in [-0.39, 0.29) is 24.2 Å². The number of carbonyl (C=O) groups is 2. The number of benzene rings is 2. The molecular formula is C27H33FN4O4. The van der Waals surface area contributed by atoms with Crippen molar-refractivity contribution in [2.45, 2.75) is 44.0 Å². The van der Waals surface area contributed by atoms with Crippen LogP contribution in [0.15, 0.2) is 48.5 Å². The number of H-pyrrole nitrogens is 1. The molecule has 36 heavy (non-hydrogen) atoms. The molecule has 1 aliphatic rings. The van der Waals surface area contributed by atoms with Gasteiger partial charge < -0.3 is 30.4 Å².